The van der Waals surface area contributed by atoms with E-state index >= 15 is 0 Å². The number of para-hydroxylation sites is 1. The lowest BCUT2D eigenvalue weighted by molar-refractivity contribution is -0.116. The molecule has 0 radical (unpaired) electrons. The second kappa shape index (κ2) is 9.88. The highest BCUT2D eigenvalue weighted by Gasteiger charge is 2.27. The number of halogens is 1. The van der Waals surface area contributed by atoms with Gasteiger partial charge in [0.05, 0.1) is 17.1 Å². The molecular formula is C22H21FN2O3S2. The molecule has 3 aromatic carbocycles. The van der Waals surface area contributed by atoms with Crippen molar-refractivity contribution in [1.82, 2.24) is 4.31 Å². The Morgan fingerprint density at radius 3 is 2.27 bits per heavy atom. The Morgan fingerprint density at radius 2 is 1.60 bits per heavy atom. The minimum absolute atomic E-state index is 0.0604. The number of thioether (sulfide) groups is 1. The van der Waals surface area contributed by atoms with E-state index in [-0.39, 0.29) is 18.0 Å². The lowest BCUT2D eigenvalue weighted by Crippen LogP contribution is -2.37. The van der Waals surface area contributed by atoms with Gasteiger partial charge in [-0.25, -0.2) is 12.8 Å². The molecule has 0 saturated carbocycles. The maximum atomic E-state index is 13.2. The summed E-state index contributed by atoms with van der Waals surface area (Å²) in [6, 6.07) is 20.8. The number of carbonyl (C=O) groups is 1. The van der Waals surface area contributed by atoms with Gasteiger partial charge in [-0.1, -0.05) is 42.5 Å². The number of anilines is 1. The van der Waals surface area contributed by atoms with E-state index in [4.69, 9.17) is 0 Å². The van der Waals surface area contributed by atoms with Gasteiger partial charge < -0.3 is 5.32 Å². The maximum Gasteiger partial charge on any atom is 0.243 e. The Kier molecular flexibility index (Phi) is 7.25. The van der Waals surface area contributed by atoms with E-state index in [1.54, 1.807) is 30.3 Å². The molecule has 5 nitrogen and oxygen atoms in total. The molecule has 3 aromatic rings. The molecule has 0 saturated heterocycles. The predicted octanol–water partition coefficient (Wildman–Crippen LogP) is 4.38. The number of rotatable bonds is 8. The minimum Gasteiger partial charge on any atom is -0.324 e. The minimum atomic E-state index is -3.94. The number of hydrogen-bond donors (Lipinski definition) is 1. The Morgan fingerprint density at radius 1 is 0.967 bits per heavy atom. The number of carbonyl (C=O) groups excluding carboxylic acids is 1. The first-order chi connectivity index (χ1) is 14.4. The number of amides is 1. The van der Waals surface area contributed by atoms with Gasteiger partial charge in [0.1, 0.15) is 5.82 Å². The molecular weight excluding hydrogens is 423 g/mol. The predicted molar refractivity (Wildman–Crippen MR) is 117 cm³/mol. The van der Waals surface area contributed by atoms with E-state index in [0.717, 1.165) is 9.20 Å². The van der Waals surface area contributed by atoms with Crippen LogP contribution in [0.3, 0.4) is 0 Å². The Labute approximate surface area is 180 Å². The summed E-state index contributed by atoms with van der Waals surface area (Å²) in [4.78, 5) is 13.7. The van der Waals surface area contributed by atoms with Crippen molar-refractivity contribution in [2.45, 2.75) is 16.3 Å². The summed E-state index contributed by atoms with van der Waals surface area (Å²) < 4.78 is 40.7. The van der Waals surface area contributed by atoms with E-state index in [2.05, 4.69) is 5.32 Å². The van der Waals surface area contributed by atoms with Crippen molar-refractivity contribution in [3.63, 3.8) is 0 Å². The van der Waals surface area contributed by atoms with Crippen LogP contribution in [0.5, 0.6) is 0 Å². The molecule has 0 bridgehead atoms. The Bertz CT molecular complexity index is 1100. The summed E-state index contributed by atoms with van der Waals surface area (Å²) in [5.74, 6) is -0.874. The normalized spacial score (nSPS) is 11.4. The van der Waals surface area contributed by atoms with Crippen LogP contribution >= 0.6 is 11.8 Å². The summed E-state index contributed by atoms with van der Waals surface area (Å²) >= 11 is 1.48. The zero-order valence-electron chi connectivity index (χ0n) is 16.3. The van der Waals surface area contributed by atoms with Crippen molar-refractivity contribution in [3.05, 3.63) is 90.2 Å². The summed E-state index contributed by atoms with van der Waals surface area (Å²) in [6.45, 7) is -0.438. The summed E-state index contributed by atoms with van der Waals surface area (Å²) in [5.41, 5.74) is 1.20. The molecule has 8 heteroatoms. The van der Waals surface area contributed by atoms with Crippen LogP contribution in [0.1, 0.15) is 5.56 Å². The molecule has 0 unspecified atom stereocenters. The summed E-state index contributed by atoms with van der Waals surface area (Å²) in [6.07, 6.45) is 1.89. The fourth-order valence-corrected chi connectivity index (χ4v) is 4.82. The summed E-state index contributed by atoms with van der Waals surface area (Å²) in [5, 5.41) is 2.78. The molecule has 156 valence electrons. The van der Waals surface area contributed by atoms with E-state index in [9.17, 15) is 17.6 Å². The molecule has 0 aliphatic carbocycles. The molecule has 0 aliphatic rings. The van der Waals surface area contributed by atoms with Crippen LogP contribution in [0.4, 0.5) is 10.1 Å². The van der Waals surface area contributed by atoms with Crippen molar-refractivity contribution < 1.29 is 17.6 Å². The Hall–Kier alpha value is -2.68. The number of sulfonamides is 1. The highest BCUT2D eigenvalue weighted by molar-refractivity contribution is 7.98. The van der Waals surface area contributed by atoms with Crippen LogP contribution in [0.25, 0.3) is 0 Å². The largest absolute Gasteiger partial charge is 0.324 e. The van der Waals surface area contributed by atoms with Gasteiger partial charge in [-0.2, -0.15) is 4.31 Å². The van der Waals surface area contributed by atoms with Crippen LogP contribution < -0.4 is 5.32 Å². The molecule has 1 N–H and O–H groups in total. The zero-order valence-corrected chi connectivity index (χ0v) is 17.9. The second-order valence-corrected chi connectivity index (χ2v) is 9.25. The van der Waals surface area contributed by atoms with Gasteiger partial charge in [-0.05, 0) is 48.2 Å². The van der Waals surface area contributed by atoms with Gasteiger partial charge in [0.2, 0.25) is 15.9 Å². The molecule has 3 rings (SSSR count). The number of benzene rings is 3. The van der Waals surface area contributed by atoms with E-state index in [1.807, 2.05) is 18.4 Å². The second-order valence-electron chi connectivity index (χ2n) is 6.46. The first-order valence-electron chi connectivity index (χ1n) is 9.12. The van der Waals surface area contributed by atoms with Crippen molar-refractivity contribution in [3.8, 4) is 0 Å². The van der Waals surface area contributed by atoms with Crippen molar-refractivity contribution in [2.24, 2.45) is 0 Å². The van der Waals surface area contributed by atoms with Crippen molar-refractivity contribution in [2.75, 3.05) is 18.1 Å². The van der Waals surface area contributed by atoms with Gasteiger partial charge in [-0.15, -0.1) is 11.8 Å². The van der Waals surface area contributed by atoms with Gasteiger partial charge in [-0.3, -0.25) is 4.79 Å². The molecule has 0 spiro atoms. The molecule has 0 fully saturated rings. The van der Waals surface area contributed by atoms with Crippen molar-refractivity contribution >= 4 is 33.4 Å². The first kappa shape index (κ1) is 22.0. The van der Waals surface area contributed by atoms with Crippen molar-refractivity contribution in [1.29, 1.82) is 0 Å². The monoisotopic (exact) mass is 444 g/mol. The zero-order chi connectivity index (χ0) is 21.6. The van der Waals surface area contributed by atoms with Gasteiger partial charge >= 0.3 is 0 Å². The SMILES string of the molecule is CSc1ccccc1NC(=O)CN(Cc1ccc(F)cc1)S(=O)(=O)c1ccccc1. The lowest BCUT2D eigenvalue weighted by Gasteiger charge is -2.22. The quantitative estimate of drug-likeness (QED) is 0.524. The highest BCUT2D eigenvalue weighted by Crippen LogP contribution is 2.25. The van der Waals surface area contributed by atoms with Crippen LogP contribution in [0, 0.1) is 5.82 Å². The topological polar surface area (TPSA) is 66.5 Å². The molecule has 1 amide bonds. The average Bonchev–Trinajstić information content (AvgIpc) is 2.75. The third-order valence-corrected chi connectivity index (χ3v) is 6.96. The van der Waals surface area contributed by atoms with Crippen LogP contribution in [-0.4, -0.2) is 31.4 Å². The summed E-state index contributed by atoms with van der Waals surface area (Å²) in [7, 11) is -3.94. The lowest BCUT2D eigenvalue weighted by atomic mass is 10.2. The molecule has 30 heavy (non-hydrogen) atoms. The van der Waals surface area contributed by atoms with Gasteiger partial charge in [0, 0.05) is 11.4 Å². The fourth-order valence-electron chi connectivity index (χ4n) is 2.86. The first-order valence-corrected chi connectivity index (χ1v) is 11.8. The van der Waals surface area contributed by atoms with E-state index in [1.165, 1.54) is 48.2 Å². The number of nitrogens with zero attached hydrogens (tertiary/aromatic N) is 1. The third kappa shape index (κ3) is 5.47. The molecule has 0 aliphatic heterocycles. The standard InChI is InChI=1S/C22H21FN2O3S2/c1-29-21-10-6-5-9-20(21)24-22(26)16-25(15-17-11-13-18(23)14-12-17)30(27,28)19-7-3-2-4-8-19/h2-14H,15-16H2,1H3,(H,24,26). The van der Waals surface area contributed by atoms with Crippen LogP contribution in [0.2, 0.25) is 0 Å². The van der Waals surface area contributed by atoms with E-state index < -0.39 is 21.7 Å². The molecule has 0 heterocycles. The number of nitrogens with one attached hydrogen (secondary N) is 1. The fraction of sp³-hybridized carbons (Fsp3) is 0.136. The highest BCUT2D eigenvalue weighted by atomic mass is 32.2. The number of hydrogen-bond acceptors (Lipinski definition) is 4. The van der Waals surface area contributed by atoms with Gasteiger partial charge in [0.25, 0.3) is 0 Å². The smallest absolute Gasteiger partial charge is 0.243 e. The van der Waals surface area contributed by atoms with E-state index in [0.29, 0.717) is 11.3 Å². The molecule has 0 aromatic heterocycles. The third-order valence-electron chi connectivity index (χ3n) is 4.35. The Balaban J connectivity index is 1.87. The maximum absolute atomic E-state index is 13.2. The average molecular weight is 445 g/mol. The van der Waals surface area contributed by atoms with Gasteiger partial charge in [0.15, 0.2) is 0 Å². The van der Waals surface area contributed by atoms with Crippen LogP contribution in [0.15, 0.2) is 88.7 Å². The molecule has 0 atom stereocenters. The van der Waals surface area contributed by atoms with Crippen LogP contribution in [-0.2, 0) is 21.4 Å².